The highest BCUT2D eigenvalue weighted by Crippen LogP contribution is 2.52. The molecule has 0 amide bonds. The first-order valence-corrected chi connectivity index (χ1v) is 8.12. The highest BCUT2D eigenvalue weighted by Gasteiger charge is 2.58. The van der Waals surface area contributed by atoms with Gasteiger partial charge in [0.2, 0.25) is 0 Å². The fourth-order valence-electron chi connectivity index (χ4n) is 4.11. The van der Waals surface area contributed by atoms with Crippen molar-refractivity contribution in [2.24, 2.45) is 11.3 Å². The van der Waals surface area contributed by atoms with E-state index in [1.54, 1.807) is 0 Å². The number of carbonyl (C=O) groups excluding carboxylic acids is 1. The predicted octanol–water partition coefficient (Wildman–Crippen LogP) is 0.105. The van der Waals surface area contributed by atoms with E-state index in [0.717, 1.165) is 19.4 Å². The van der Waals surface area contributed by atoms with Gasteiger partial charge in [-0.05, 0) is 31.1 Å². The van der Waals surface area contributed by atoms with Crippen LogP contribution < -0.4 is 5.32 Å². The molecule has 3 aliphatic heterocycles. The van der Waals surface area contributed by atoms with Crippen molar-refractivity contribution in [1.82, 2.24) is 5.32 Å². The number of esters is 1. The lowest BCUT2D eigenvalue weighted by Gasteiger charge is -2.40. The van der Waals surface area contributed by atoms with Crippen LogP contribution >= 0.6 is 0 Å². The van der Waals surface area contributed by atoms with Crippen molar-refractivity contribution in [2.45, 2.75) is 36.2 Å². The number of fused-ring (bicyclic) bond motifs is 2. The van der Waals surface area contributed by atoms with Gasteiger partial charge in [0.15, 0.2) is 9.84 Å². The molecular formula is C12H19NO4S. The molecule has 18 heavy (non-hydrogen) atoms. The topological polar surface area (TPSA) is 72.5 Å². The van der Waals surface area contributed by atoms with Crippen LogP contribution in [-0.4, -0.2) is 45.1 Å². The summed E-state index contributed by atoms with van der Waals surface area (Å²) >= 11 is 0. The molecule has 5 nitrogen and oxygen atoms in total. The van der Waals surface area contributed by atoms with Crippen LogP contribution in [0.25, 0.3) is 0 Å². The first-order chi connectivity index (χ1) is 8.49. The average Bonchev–Trinajstić information content (AvgIpc) is 2.74. The standard InChI is InChI=1S/C12H19NO4S/c1-17-11(14)10-6-13-7-12(10)4-8-2-3-9(5-12)18(8,15)16/h8-10,13H,2-7H2,1H3. The highest BCUT2D eigenvalue weighted by molar-refractivity contribution is 7.93. The van der Waals surface area contributed by atoms with Crippen molar-refractivity contribution >= 4 is 15.8 Å². The molecule has 0 radical (unpaired) electrons. The van der Waals surface area contributed by atoms with E-state index < -0.39 is 9.84 Å². The Balaban J connectivity index is 1.92. The molecule has 3 rings (SSSR count). The van der Waals surface area contributed by atoms with Crippen molar-refractivity contribution in [3.8, 4) is 0 Å². The summed E-state index contributed by atoms with van der Waals surface area (Å²) in [5.74, 6) is -0.375. The Hall–Kier alpha value is -0.620. The van der Waals surface area contributed by atoms with Crippen molar-refractivity contribution in [1.29, 1.82) is 0 Å². The van der Waals surface area contributed by atoms with Crippen molar-refractivity contribution < 1.29 is 17.9 Å². The molecule has 0 aromatic heterocycles. The Bertz CT molecular complexity index is 452. The second-order valence-electron chi connectivity index (χ2n) is 5.89. The Morgan fingerprint density at radius 1 is 1.28 bits per heavy atom. The van der Waals surface area contributed by atoms with Gasteiger partial charge in [0.25, 0.3) is 0 Å². The van der Waals surface area contributed by atoms with E-state index >= 15 is 0 Å². The summed E-state index contributed by atoms with van der Waals surface area (Å²) in [6.07, 6.45) is 2.78. The summed E-state index contributed by atoms with van der Waals surface area (Å²) in [4.78, 5) is 11.9. The molecule has 1 N–H and O–H groups in total. The Labute approximate surface area is 107 Å². The van der Waals surface area contributed by atoms with Crippen LogP contribution in [0, 0.1) is 11.3 Å². The largest absolute Gasteiger partial charge is 0.469 e. The van der Waals surface area contributed by atoms with Gasteiger partial charge in [0, 0.05) is 13.1 Å². The number of nitrogens with one attached hydrogen (secondary N) is 1. The molecular weight excluding hydrogens is 254 g/mol. The molecule has 3 atom stereocenters. The molecule has 0 saturated carbocycles. The van der Waals surface area contributed by atoms with Crippen LogP contribution in [0.5, 0.6) is 0 Å². The van der Waals surface area contributed by atoms with Crippen LogP contribution in [0.1, 0.15) is 25.7 Å². The minimum absolute atomic E-state index is 0.180. The van der Waals surface area contributed by atoms with Crippen LogP contribution in [0.4, 0.5) is 0 Å². The molecule has 3 heterocycles. The lowest BCUT2D eigenvalue weighted by atomic mass is 9.72. The molecule has 0 aromatic rings. The number of hydrogen-bond acceptors (Lipinski definition) is 5. The van der Waals surface area contributed by atoms with E-state index in [1.165, 1.54) is 7.11 Å². The molecule has 6 heteroatoms. The number of carbonyl (C=O) groups is 1. The van der Waals surface area contributed by atoms with Crippen molar-refractivity contribution in [2.75, 3.05) is 20.2 Å². The number of hydrogen-bond donors (Lipinski definition) is 1. The molecule has 3 fully saturated rings. The summed E-state index contributed by atoms with van der Waals surface area (Å²) in [5, 5.41) is 2.78. The molecule has 3 unspecified atom stereocenters. The van der Waals surface area contributed by atoms with Crippen LogP contribution in [0.15, 0.2) is 0 Å². The lowest BCUT2D eigenvalue weighted by Crippen LogP contribution is -2.46. The number of rotatable bonds is 1. The van der Waals surface area contributed by atoms with Gasteiger partial charge in [-0.1, -0.05) is 0 Å². The third-order valence-corrected chi connectivity index (χ3v) is 7.72. The number of methoxy groups -OCH3 is 1. The smallest absolute Gasteiger partial charge is 0.310 e. The summed E-state index contributed by atoms with van der Waals surface area (Å²) in [6.45, 7) is 1.36. The maximum absolute atomic E-state index is 12.1. The molecule has 0 aromatic carbocycles. The number of ether oxygens (including phenoxy) is 1. The monoisotopic (exact) mass is 273 g/mol. The predicted molar refractivity (Wildman–Crippen MR) is 65.8 cm³/mol. The van der Waals surface area contributed by atoms with Gasteiger partial charge in [-0.15, -0.1) is 0 Å². The average molecular weight is 273 g/mol. The Kier molecular flexibility index (Phi) is 2.71. The number of sulfone groups is 1. The SMILES string of the molecule is COC(=O)C1CNCC12CC1CCC(C2)S1(=O)=O. The highest BCUT2D eigenvalue weighted by atomic mass is 32.2. The maximum Gasteiger partial charge on any atom is 0.310 e. The minimum Gasteiger partial charge on any atom is -0.469 e. The first kappa shape index (κ1) is 12.4. The third-order valence-electron chi connectivity index (χ3n) is 5.06. The summed E-state index contributed by atoms with van der Waals surface area (Å²) < 4.78 is 29.1. The Morgan fingerprint density at radius 3 is 2.44 bits per heavy atom. The van der Waals surface area contributed by atoms with Gasteiger partial charge in [-0.2, -0.15) is 0 Å². The summed E-state index contributed by atoms with van der Waals surface area (Å²) in [7, 11) is -1.52. The van der Waals surface area contributed by atoms with Gasteiger partial charge in [-0.3, -0.25) is 4.79 Å². The normalized spacial score (nSPS) is 45.3. The zero-order valence-electron chi connectivity index (χ0n) is 10.5. The van der Waals surface area contributed by atoms with Gasteiger partial charge in [0.05, 0.1) is 23.5 Å². The second kappa shape index (κ2) is 3.93. The fourth-order valence-corrected chi connectivity index (χ4v) is 6.71. The van der Waals surface area contributed by atoms with Crippen LogP contribution in [0.3, 0.4) is 0 Å². The van der Waals surface area contributed by atoms with Gasteiger partial charge < -0.3 is 10.1 Å². The van der Waals surface area contributed by atoms with Crippen molar-refractivity contribution in [3.05, 3.63) is 0 Å². The maximum atomic E-state index is 12.1. The van der Waals surface area contributed by atoms with E-state index in [9.17, 15) is 13.2 Å². The van der Waals surface area contributed by atoms with E-state index in [1.807, 2.05) is 0 Å². The summed E-state index contributed by atoms with van der Waals surface area (Å²) in [6, 6.07) is 0. The second-order valence-corrected chi connectivity index (χ2v) is 8.40. The molecule has 2 bridgehead atoms. The molecule has 0 aliphatic carbocycles. The van der Waals surface area contributed by atoms with Crippen LogP contribution in [0.2, 0.25) is 0 Å². The molecule has 3 saturated heterocycles. The van der Waals surface area contributed by atoms with Crippen LogP contribution in [-0.2, 0) is 19.4 Å². The van der Waals surface area contributed by atoms with E-state index in [2.05, 4.69) is 5.32 Å². The zero-order valence-corrected chi connectivity index (χ0v) is 11.3. The van der Waals surface area contributed by atoms with E-state index in [0.29, 0.717) is 19.4 Å². The lowest BCUT2D eigenvalue weighted by molar-refractivity contribution is -0.148. The van der Waals surface area contributed by atoms with Gasteiger partial charge >= 0.3 is 5.97 Å². The fraction of sp³-hybridized carbons (Fsp3) is 0.917. The third kappa shape index (κ3) is 1.54. The molecule has 102 valence electrons. The molecule has 3 aliphatic rings. The molecule has 1 spiro atoms. The quantitative estimate of drug-likeness (QED) is 0.686. The summed E-state index contributed by atoms with van der Waals surface area (Å²) in [5.41, 5.74) is -0.190. The zero-order chi connectivity index (χ0) is 13.0. The minimum atomic E-state index is -2.93. The van der Waals surface area contributed by atoms with Gasteiger partial charge in [0.1, 0.15) is 0 Å². The van der Waals surface area contributed by atoms with Crippen molar-refractivity contribution in [3.63, 3.8) is 0 Å². The van der Waals surface area contributed by atoms with E-state index in [-0.39, 0.29) is 27.8 Å². The van der Waals surface area contributed by atoms with E-state index in [4.69, 9.17) is 4.74 Å². The van der Waals surface area contributed by atoms with Gasteiger partial charge in [-0.25, -0.2) is 8.42 Å². The first-order valence-electron chi connectivity index (χ1n) is 6.51. The Morgan fingerprint density at radius 2 is 1.89 bits per heavy atom.